The second-order valence-electron chi connectivity index (χ2n) is 12.8. The van der Waals surface area contributed by atoms with Crippen LogP contribution in [-0.2, 0) is 6.18 Å². The maximum atomic E-state index is 16.5. The molecular formula is C34H35F5N8O2. The number of aromatic nitrogens is 6. The Morgan fingerprint density at radius 2 is 1.98 bits per heavy atom. The van der Waals surface area contributed by atoms with Gasteiger partial charge in [0.1, 0.15) is 35.2 Å². The molecule has 2 fully saturated rings. The van der Waals surface area contributed by atoms with Gasteiger partial charge in [0.15, 0.2) is 5.82 Å². The van der Waals surface area contributed by atoms with Crippen LogP contribution in [0, 0.1) is 12.7 Å². The van der Waals surface area contributed by atoms with Crippen LogP contribution in [0.1, 0.15) is 55.8 Å². The van der Waals surface area contributed by atoms with Gasteiger partial charge in [-0.25, -0.2) is 13.8 Å². The molecule has 49 heavy (non-hydrogen) atoms. The van der Waals surface area contributed by atoms with Crippen molar-refractivity contribution in [3.8, 4) is 23.1 Å². The molecular weight excluding hydrogens is 647 g/mol. The monoisotopic (exact) mass is 682 g/mol. The molecule has 3 aliphatic rings. The minimum Gasteiger partial charge on any atom is -0.475 e. The van der Waals surface area contributed by atoms with Crippen LogP contribution in [0.2, 0.25) is 0 Å². The number of halogens is 5. The van der Waals surface area contributed by atoms with Crippen molar-refractivity contribution < 1.29 is 31.4 Å². The van der Waals surface area contributed by atoms with E-state index in [0.717, 1.165) is 18.5 Å². The fourth-order valence-electron chi connectivity index (χ4n) is 7.35. The first kappa shape index (κ1) is 32.9. The van der Waals surface area contributed by atoms with Gasteiger partial charge in [0, 0.05) is 35.9 Å². The molecule has 15 heteroatoms. The first-order valence-electron chi connectivity index (χ1n) is 16.1. The Morgan fingerprint density at radius 1 is 1.16 bits per heavy atom. The highest BCUT2D eigenvalue weighted by molar-refractivity contribution is 6.02. The van der Waals surface area contributed by atoms with Gasteiger partial charge in [0.2, 0.25) is 5.88 Å². The highest BCUT2D eigenvalue weighted by atomic mass is 19.4. The zero-order valence-electron chi connectivity index (χ0n) is 27.4. The van der Waals surface area contributed by atoms with Crippen LogP contribution < -0.4 is 14.4 Å². The number of methoxy groups -OCH3 is 1. The lowest BCUT2D eigenvalue weighted by atomic mass is 9.94. The fourth-order valence-corrected chi connectivity index (χ4v) is 7.35. The summed E-state index contributed by atoms with van der Waals surface area (Å²) in [4.78, 5) is 21.5. The average molecular weight is 683 g/mol. The topological polar surface area (TPSA) is 105 Å². The Hall–Kier alpha value is -4.66. The molecule has 258 valence electrons. The van der Waals surface area contributed by atoms with Crippen LogP contribution in [0.15, 0.2) is 36.8 Å². The number of aromatic amines is 1. The minimum atomic E-state index is -4.80. The molecule has 0 radical (unpaired) electrons. The number of benzene rings is 1. The van der Waals surface area contributed by atoms with Crippen molar-refractivity contribution in [2.45, 2.75) is 70.5 Å². The van der Waals surface area contributed by atoms with E-state index in [2.05, 4.69) is 35.0 Å². The summed E-state index contributed by atoms with van der Waals surface area (Å²) in [5.74, 6) is -0.862. The third-order valence-corrected chi connectivity index (χ3v) is 9.58. The molecule has 0 aliphatic carbocycles. The number of rotatable bonds is 4. The third kappa shape index (κ3) is 5.87. The molecule has 3 aliphatic heterocycles. The van der Waals surface area contributed by atoms with Gasteiger partial charge >= 0.3 is 12.2 Å². The lowest BCUT2D eigenvalue weighted by Gasteiger charge is -2.34. The summed E-state index contributed by atoms with van der Waals surface area (Å²) in [6.45, 7) is 7.09. The van der Waals surface area contributed by atoms with E-state index in [-0.39, 0.29) is 58.3 Å². The molecule has 2 saturated heterocycles. The Kier molecular flexibility index (Phi) is 8.49. The minimum absolute atomic E-state index is 0.0611. The summed E-state index contributed by atoms with van der Waals surface area (Å²) >= 11 is 0. The second kappa shape index (κ2) is 12.7. The van der Waals surface area contributed by atoms with E-state index >= 15 is 4.39 Å². The van der Waals surface area contributed by atoms with Crippen molar-refractivity contribution in [2.24, 2.45) is 0 Å². The first-order valence-corrected chi connectivity index (χ1v) is 16.1. The number of pyridine rings is 2. The predicted octanol–water partition coefficient (Wildman–Crippen LogP) is 6.98. The van der Waals surface area contributed by atoms with E-state index in [0.29, 0.717) is 18.1 Å². The third-order valence-electron chi connectivity index (χ3n) is 9.58. The van der Waals surface area contributed by atoms with E-state index in [1.807, 2.05) is 24.8 Å². The van der Waals surface area contributed by atoms with Gasteiger partial charge in [-0.1, -0.05) is 6.07 Å². The van der Waals surface area contributed by atoms with Crippen molar-refractivity contribution in [2.75, 3.05) is 31.7 Å². The molecule has 0 amide bonds. The molecule has 5 aromatic rings. The van der Waals surface area contributed by atoms with E-state index in [1.54, 1.807) is 18.5 Å². The van der Waals surface area contributed by atoms with Gasteiger partial charge in [-0.2, -0.15) is 28.2 Å². The normalized spacial score (nSPS) is 21.2. The predicted molar refractivity (Wildman–Crippen MR) is 173 cm³/mol. The van der Waals surface area contributed by atoms with Crippen molar-refractivity contribution in [3.63, 3.8) is 0 Å². The molecule has 0 spiro atoms. The van der Waals surface area contributed by atoms with Crippen LogP contribution in [0.5, 0.6) is 11.9 Å². The van der Waals surface area contributed by atoms with Gasteiger partial charge in [0.25, 0.3) is 0 Å². The van der Waals surface area contributed by atoms with Crippen LogP contribution in [0.25, 0.3) is 33.1 Å². The number of nitrogens with one attached hydrogen (secondary N) is 1. The number of hydrogen-bond donors (Lipinski definition) is 1. The second-order valence-corrected chi connectivity index (χ2v) is 12.8. The zero-order valence-corrected chi connectivity index (χ0v) is 27.4. The van der Waals surface area contributed by atoms with Crippen molar-refractivity contribution in [3.05, 3.63) is 59.3 Å². The number of nitrogens with zero attached hydrogens (tertiary/aromatic N) is 7. The number of ether oxygens (including phenoxy) is 2. The van der Waals surface area contributed by atoms with E-state index < -0.39 is 35.0 Å². The van der Waals surface area contributed by atoms with E-state index in [1.165, 1.54) is 39.1 Å². The fraction of sp³-hybridized carbons (Fsp3) is 0.441. The molecule has 7 heterocycles. The Morgan fingerprint density at radius 3 is 2.69 bits per heavy atom. The molecule has 10 nitrogen and oxygen atoms in total. The maximum absolute atomic E-state index is 16.5. The molecule has 0 bridgehead atoms. The first-order chi connectivity index (χ1) is 23.5. The highest BCUT2D eigenvalue weighted by Gasteiger charge is 2.40. The molecule has 4 atom stereocenters. The largest absolute Gasteiger partial charge is 0.475 e. The standard InChI is InChI=1S/C27H23F4N7O2.C7H12FN/c1-12-8-17-16(10-33-37-17)18(20(12)27(29,30)31)22-21(28)23-19-24(36-26(35-23)39-4)38(13(2)11-40-25(19)34-22)14(3)15-6-5-7-32-9-15;8-6-4-7-2-1-3-9(7)5-6/h5-10,13-14H,11H2,1-4H3,(H,33,37);6-7H,1-5H2/t13-,14?;/m0./s1. The summed E-state index contributed by atoms with van der Waals surface area (Å²) in [6, 6.07) is 4.89. The number of H-pyrrole nitrogens is 1. The van der Waals surface area contributed by atoms with Gasteiger partial charge in [-0.15, -0.1) is 0 Å². The Balaban J connectivity index is 0.000000361. The van der Waals surface area contributed by atoms with Crippen molar-refractivity contribution in [1.82, 2.24) is 35.0 Å². The van der Waals surface area contributed by atoms with Crippen molar-refractivity contribution in [1.29, 1.82) is 0 Å². The lowest BCUT2D eigenvalue weighted by Crippen LogP contribution is -2.39. The van der Waals surface area contributed by atoms with Gasteiger partial charge in [-0.3, -0.25) is 15.0 Å². The number of fused-ring (bicyclic) bond motifs is 2. The summed E-state index contributed by atoms with van der Waals surface area (Å²) in [5.41, 5.74) is -1.24. The quantitative estimate of drug-likeness (QED) is 0.201. The molecule has 3 unspecified atom stereocenters. The molecule has 0 saturated carbocycles. The van der Waals surface area contributed by atoms with Crippen LogP contribution in [0.4, 0.5) is 27.8 Å². The van der Waals surface area contributed by atoms with E-state index in [4.69, 9.17) is 9.47 Å². The van der Waals surface area contributed by atoms with Gasteiger partial charge in [0.05, 0.1) is 36.5 Å². The van der Waals surface area contributed by atoms with Crippen molar-refractivity contribution >= 4 is 27.6 Å². The highest BCUT2D eigenvalue weighted by Crippen LogP contribution is 2.47. The van der Waals surface area contributed by atoms with Crippen LogP contribution >= 0.6 is 0 Å². The zero-order chi connectivity index (χ0) is 34.6. The van der Waals surface area contributed by atoms with Gasteiger partial charge in [-0.05, 0) is 69.8 Å². The molecule has 8 rings (SSSR count). The summed E-state index contributed by atoms with van der Waals surface area (Å²) in [5, 5.41) is 6.75. The smallest absolute Gasteiger partial charge is 0.417 e. The lowest BCUT2D eigenvalue weighted by molar-refractivity contribution is -0.137. The van der Waals surface area contributed by atoms with Gasteiger partial charge < -0.3 is 14.4 Å². The SMILES string of the molecule is COc1nc2c3c(nc(-c4c(C(F)(F)F)c(C)cc5[nH]ncc45)c(F)c3n1)OC[C@H](C)N2C(C)c1cccnc1.FC1CC2CCCN2C1. The number of anilines is 1. The van der Waals surface area contributed by atoms with Crippen LogP contribution in [0.3, 0.4) is 0 Å². The number of hydrogen-bond acceptors (Lipinski definition) is 9. The summed E-state index contributed by atoms with van der Waals surface area (Å²) in [6.07, 6.45) is 2.60. The average Bonchev–Trinajstić information content (AvgIpc) is 3.78. The maximum Gasteiger partial charge on any atom is 0.417 e. The summed E-state index contributed by atoms with van der Waals surface area (Å²) < 4.78 is 83.7. The molecule has 1 aromatic carbocycles. The number of alkyl halides is 4. The summed E-state index contributed by atoms with van der Waals surface area (Å²) in [7, 11) is 1.33. The number of aryl methyl sites for hydroxylation is 1. The molecule has 1 N–H and O–H groups in total. The Labute approximate surface area is 278 Å². The van der Waals surface area contributed by atoms with E-state index in [9.17, 15) is 17.6 Å². The molecule has 4 aromatic heterocycles. The van der Waals surface area contributed by atoms with Crippen LogP contribution in [-0.4, -0.2) is 80.1 Å². The Bertz CT molecular complexity index is 1990.